The zero-order chi connectivity index (χ0) is 13.5. The van der Waals surface area contributed by atoms with Crippen molar-refractivity contribution in [2.24, 2.45) is 5.92 Å². The van der Waals surface area contributed by atoms with E-state index in [1.165, 1.54) is 25.0 Å². The van der Waals surface area contributed by atoms with Crippen molar-refractivity contribution in [2.75, 3.05) is 19.3 Å². The van der Waals surface area contributed by atoms with E-state index in [0.29, 0.717) is 36.1 Å². The maximum atomic E-state index is 13.2. The molecule has 1 aromatic carbocycles. The van der Waals surface area contributed by atoms with Crippen molar-refractivity contribution in [1.29, 1.82) is 0 Å². The van der Waals surface area contributed by atoms with E-state index < -0.39 is 0 Å². The lowest BCUT2D eigenvalue weighted by Gasteiger charge is -2.08. The van der Waals surface area contributed by atoms with Gasteiger partial charge in [-0.25, -0.2) is 4.39 Å². The molecular weight excluding hydrogens is 267 g/mol. The van der Waals surface area contributed by atoms with E-state index in [4.69, 9.17) is 21.1 Å². The Morgan fingerprint density at radius 3 is 2.95 bits per heavy atom. The molecule has 4 heteroatoms. The molecule has 0 unspecified atom stereocenters. The maximum Gasteiger partial charge on any atom is 0.189 e. The average Bonchev–Trinajstić information content (AvgIpc) is 3.21. The van der Waals surface area contributed by atoms with E-state index in [2.05, 4.69) is 11.8 Å². The SMILES string of the molecule is Fc1ccc(C#CCCCl)c(OCOCC2CC2)c1. The largest absolute Gasteiger partial charge is 0.466 e. The third kappa shape index (κ3) is 5.10. The molecule has 0 saturated heterocycles. The van der Waals surface area contributed by atoms with Crippen LogP contribution >= 0.6 is 11.6 Å². The predicted molar refractivity (Wildman–Crippen MR) is 72.8 cm³/mol. The number of ether oxygens (including phenoxy) is 2. The first-order chi connectivity index (χ1) is 9.29. The second-order valence-electron chi connectivity index (χ2n) is 4.46. The molecule has 2 rings (SSSR count). The van der Waals surface area contributed by atoms with E-state index in [0.717, 1.165) is 0 Å². The number of rotatable bonds is 6. The first-order valence-electron chi connectivity index (χ1n) is 6.34. The molecular formula is C15H16ClFO2. The highest BCUT2D eigenvalue weighted by Crippen LogP contribution is 2.28. The van der Waals surface area contributed by atoms with Gasteiger partial charge >= 0.3 is 0 Å². The van der Waals surface area contributed by atoms with Crippen LogP contribution in [0.5, 0.6) is 5.75 Å². The summed E-state index contributed by atoms with van der Waals surface area (Å²) in [6.07, 6.45) is 3.06. The summed E-state index contributed by atoms with van der Waals surface area (Å²) in [5.74, 6) is 7.05. The van der Waals surface area contributed by atoms with Gasteiger partial charge in [-0.15, -0.1) is 11.6 Å². The zero-order valence-electron chi connectivity index (χ0n) is 10.6. The molecule has 1 aliphatic carbocycles. The van der Waals surface area contributed by atoms with E-state index in [9.17, 15) is 4.39 Å². The highest BCUT2D eigenvalue weighted by Gasteiger charge is 2.21. The van der Waals surface area contributed by atoms with E-state index in [-0.39, 0.29) is 12.6 Å². The molecule has 0 amide bonds. The van der Waals surface area contributed by atoms with Crippen LogP contribution in [-0.2, 0) is 4.74 Å². The standard InChI is InChI=1S/C15H16ClFO2/c16-8-2-1-3-13-6-7-14(17)9-15(13)19-11-18-10-12-4-5-12/h6-7,9,12H,2,4-5,8,10-11H2. The minimum absolute atomic E-state index is 0.129. The fourth-order valence-corrected chi connectivity index (χ4v) is 1.62. The van der Waals surface area contributed by atoms with Crippen LogP contribution in [-0.4, -0.2) is 19.3 Å². The van der Waals surface area contributed by atoms with Crippen molar-refractivity contribution in [3.8, 4) is 17.6 Å². The Labute approximate surface area is 117 Å². The van der Waals surface area contributed by atoms with Gasteiger partial charge in [0.2, 0.25) is 0 Å². The van der Waals surface area contributed by atoms with Crippen LogP contribution in [0.2, 0.25) is 0 Å². The van der Waals surface area contributed by atoms with Gasteiger partial charge in [-0.3, -0.25) is 0 Å². The Morgan fingerprint density at radius 1 is 1.37 bits per heavy atom. The Hall–Kier alpha value is -1.24. The number of halogens is 2. The minimum atomic E-state index is -0.347. The monoisotopic (exact) mass is 282 g/mol. The molecule has 0 N–H and O–H groups in total. The van der Waals surface area contributed by atoms with Gasteiger partial charge in [0.05, 0.1) is 12.2 Å². The first-order valence-corrected chi connectivity index (χ1v) is 6.88. The van der Waals surface area contributed by atoms with Crippen LogP contribution in [0.1, 0.15) is 24.8 Å². The molecule has 1 aliphatic rings. The number of benzene rings is 1. The quantitative estimate of drug-likeness (QED) is 0.344. The summed E-state index contributed by atoms with van der Waals surface area (Å²) < 4.78 is 24.0. The summed E-state index contributed by atoms with van der Waals surface area (Å²) in [6.45, 7) is 0.840. The highest BCUT2D eigenvalue weighted by atomic mass is 35.5. The predicted octanol–water partition coefficient (Wildman–Crippen LogP) is 3.57. The Morgan fingerprint density at radius 2 is 2.21 bits per heavy atom. The molecule has 1 aromatic rings. The van der Waals surface area contributed by atoms with Gasteiger partial charge in [-0.2, -0.15) is 0 Å². The van der Waals surface area contributed by atoms with Crippen molar-refractivity contribution in [1.82, 2.24) is 0 Å². The lowest BCUT2D eigenvalue weighted by atomic mass is 10.2. The molecule has 1 fully saturated rings. The minimum Gasteiger partial charge on any atom is -0.466 e. The molecule has 102 valence electrons. The molecule has 0 bridgehead atoms. The second-order valence-corrected chi connectivity index (χ2v) is 4.84. The van der Waals surface area contributed by atoms with Gasteiger partial charge in [-0.1, -0.05) is 11.8 Å². The average molecular weight is 283 g/mol. The third-order valence-corrected chi connectivity index (χ3v) is 2.92. The number of hydrogen-bond acceptors (Lipinski definition) is 2. The van der Waals surface area contributed by atoms with Gasteiger partial charge in [0.1, 0.15) is 11.6 Å². The fourth-order valence-electron chi connectivity index (χ4n) is 1.53. The summed E-state index contributed by atoms with van der Waals surface area (Å²) in [7, 11) is 0. The van der Waals surface area contributed by atoms with Gasteiger partial charge in [-0.05, 0) is 30.9 Å². The fraction of sp³-hybridized carbons (Fsp3) is 0.467. The zero-order valence-corrected chi connectivity index (χ0v) is 11.4. The topological polar surface area (TPSA) is 18.5 Å². The molecule has 0 radical (unpaired) electrons. The number of hydrogen-bond donors (Lipinski definition) is 0. The lowest BCUT2D eigenvalue weighted by Crippen LogP contribution is -2.06. The van der Waals surface area contributed by atoms with Crippen molar-refractivity contribution < 1.29 is 13.9 Å². The smallest absolute Gasteiger partial charge is 0.189 e. The lowest BCUT2D eigenvalue weighted by molar-refractivity contribution is 0.00968. The summed E-state index contributed by atoms with van der Waals surface area (Å²) >= 11 is 5.56. The second kappa shape index (κ2) is 7.37. The van der Waals surface area contributed by atoms with Crippen LogP contribution in [0.25, 0.3) is 0 Å². The van der Waals surface area contributed by atoms with Crippen molar-refractivity contribution in [3.05, 3.63) is 29.6 Å². The first kappa shape index (κ1) is 14.2. The van der Waals surface area contributed by atoms with Crippen LogP contribution in [0, 0.1) is 23.6 Å². The molecule has 0 spiro atoms. The maximum absolute atomic E-state index is 13.2. The Balaban J connectivity index is 1.91. The molecule has 0 heterocycles. The van der Waals surface area contributed by atoms with Crippen molar-refractivity contribution in [2.45, 2.75) is 19.3 Å². The van der Waals surface area contributed by atoms with Crippen molar-refractivity contribution >= 4 is 11.6 Å². The van der Waals surface area contributed by atoms with Crippen LogP contribution in [0.4, 0.5) is 4.39 Å². The van der Waals surface area contributed by atoms with Gasteiger partial charge in [0.15, 0.2) is 6.79 Å². The van der Waals surface area contributed by atoms with Gasteiger partial charge < -0.3 is 9.47 Å². The summed E-state index contributed by atoms with van der Waals surface area (Å²) in [5, 5.41) is 0. The van der Waals surface area contributed by atoms with E-state index in [1.54, 1.807) is 6.07 Å². The van der Waals surface area contributed by atoms with Crippen LogP contribution < -0.4 is 4.74 Å². The Kier molecular flexibility index (Phi) is 5.50. The van der Waals surface area contributed by atoms with Crippen molar-refractivity contribution in [3.63, 3.8) is 0 Å². The molecule has 0 aromatic heterocycles. The molecule has 19 heavy (non-hydrogen) atoms. The number of alkyl halides is 1. The van der Waals surface area contributed by atoms with E-state index >= 15 is 0 Å². The highest BCUT2D eigenvalue weighted by molar-refractivity contribution is 6.18. The summed E-state index contributed by atoms with van der Waals surface area (Å²) in [4.78, 5) is 0. The van der Waals surface area contributed by atoms with E-state index in [1.807, 2.05) is 0 Å². The van der Waals surface area contributed by atoms with Gasteiger partial charge in [0.25, 0.3) is 0 Å². The molecule has 0 aliphatic heterocycles. The van der Waals surface area contributed by atoms with Crippen LogP contribution in [0.15, 0.2) is 18.2 Å². The third-order valence-electron chi connectivity index (χ3n) is 2.73. The normalized spacial score (nSPS) is 13.8. The summed E-state index contributed by atoms with van der Waals surface area (Å²) in [5.41, 5.74) is 0.654. The molecule has 0 atom stereocenters. The van der Waals surface area contributed by atoms with Crippen LogP contribution in [0.3, 0.4) is 0 Å². The molecule has 1 saturated carbocycles. The summed E-state index contributed by atoms with van der Waals surface area (Å²) in [6, 6.07) is 4.29. The molecule has 2 nitrogen and oxygen atoms in total. The van der Waals surface area contributed by atoms with Gasteiger partial charge in [0, 0.05) is 18.4 Å². The Bertz CT molecular complexity index is 475.